The molecule has 4 nitrogen and oxygen atoms in total. The summed E-state index contributed by atoms with van der Waals surface area (Å²) in [5.41, 5.74) is 3.82. The molecule has 1 N–H and O–H groups in total. The number of halogens is 1. The van der Waals surface area contributed by atoms with E-state index in [-0.39, 0.29) is 11.8 Å². The first kappa shape index (κ1) is 21.5. The van der Waals surface area contributed by atoms with Crippen molar-refractivity contribution in [2.75, 3.05) is 5.75 Å². The van der Waals surface area contributed by atoms with Gasteiger partial charge in [0.2, 0.25) is 5.91 Å². The minimum absolute atomic E-state index is 0.0810. The molecule has 1 aliphatic rings. The molecular formula is C25H23ClN2O2S. The van der Waals surface area contributed by atoms with Crippen LogP contribution in [0.25, 0.3) is 0 Å². The lowest BCUT2D eigenvalue weighted by Crippen LogP contribution is -2.48. The Morgan fingerprint density at radius 3 is 2.42 bits per heavy atom. The topological polar surface area (TPSA) is 49.4 Å². The molecule has 0 fully saturated rings. The lowest BCUT2D eigenvalue weighted by atomic mass is 10.1. The molecule has 3 aromatic carbocycles. The van der Waals surface area contributed by atoms with Gasteiger partial charge >= 0.3 is 0 Å². The summed E-state index contributed by atoms with van der Waals surface area (Å²) in [5.74, 6) is 1.09. The van der Waals surface area contributed by atoms with Crippen molar-refractivity contribution >= 4 is 35.2 Å². The third kappa shape index (κ3) is 5.30. The number of benzene rings is 3. The molecule has 6 heteroatoms. The lowest BCUT2D eigenvalue weighted by Gasteiger charge is -2.27. The molecule has 0 unspecified atom stereocenters. The molecule has 4 rings (SSSR count). The summed E-state index contributed by atoms with van der Waals surface area (Å²) >= 11 is 7.61. The van der Waals surface area contributed by atoms with Gasteiger partial charge in [-0.25, -0.2) is 0 Å². The maximum atomic E-state index is 13.2. The molecular weight excluding hydrogens is 428 g/mol. The highest BCUT2D eigenvalue weighted by Gasteiger charge is 2.36. The summed E-state index contributed by atoms with van der Waals surface area (Å²) in [4.78, 5) is 27.9. The van der Waals surface area contributed by atoms with Gasteiger partial charge in [0, 0.05) is 35.2 Å². The Hall–Kier alpha value is -2.76. The molecule has 0 spiro atoms. The third-order valence-electron chi connectivity index (χ3n) is 5.30. The van der Waals surface area contributed by atoms with E-state index in [1.807, 2.05) is 54.6 Å². The van der Waals surface area contributed by atoms with E-state index in [0.717, 1.165) is 16.9 Å². The maximum Gasteiger partial charge on any atom is 0.255 e. The van der Waals surface area contributed by atoms with Gasteiger partial charge in [-0.1, -0.05) is 72.3 Å². The average Bonchev–Trinajstić information content (AvgIpc) is 3.13. The van der Waals surface area contributed by atoms with Crippen LogP contribution in [-0.2, 0) is 23.6 Å². The molecule has 158 valence electrons. The summed E-state index contributed by atoms with van der Waals surface area (Å²) < 4.78 is 0. The number of nitrogens with one attached hydrogen (secondary N) is 1. The minimum Gasteiger partial charge on any atom is -0.350 e. The molecule has 0 aromatic heterocycles. The number of nitrogens with zero attached hydrogens (tertiary/aromatic N) is 1. The Labute approximate surface area is 191 Å². The zero-order valence-corrected chi connectivity index (χ0v) is 18.5. The fraction of sp³-hybridized carbons (Fsp3) is 0.200. The largest absolute Gasteiger partial charge is 0.350 e. The van der Waals surface area contributed by atoms with Gasteiger partial charge in [-0.05, 0) is 34.9 Å². The van der Waals surface area contributed by atoms with Gasteiger partial charge < -0.3 is 10.2 Å². The number of rotatable bonds is 8. The van der Waals surface area contributed by atoms with E-state index in [4.69, 9.17) is 11.6 Å². The van der Waals surface area contributed by atoms with Gasteiger partial charge in [0.25, 0.3) is 5.91 Å². The minimum atomic E-state index is -0.541. The maximum absolute atomic E-state index is 13.2. The SMILES string of the molecule is O=C(NCc1ccc(Cl)cc1)[C@@H](CSCc1ccccc1)N1Cc2ccccc2C1=O. The highest BCUT2D eigenvalue weighted by Crippen LogP contribution is 2.26. The van der Waals surface area contributed by atoms with Crippen molar-refractivity contribution in [2.45, 2.75) is 24.9 Å². The number of fused-ring (bicyclic) bond motifs is 1. The quantitative estimate of drug-likeness (QED) is 0.530. The molecule has 2 amide bonds. The average molecular weight is 451 g/mol. The first-order chi connectivity index (χ1) is 15.1. The lowest BCUT2D eigenvalue weighted by molar-refractivity contribution is -0.125. The number of thioether (sulfide) groups is 1. The first-order valence-electron chi connectivity index (χ1n) is 10.1. The highest BCUT2D eigenvalue weighted by molar-refractivity contribution is 7.98. The normalized spacial score (nSPS) is 13.7. The molecule has 31 heavy (non-hydrogen) atoms. The van der Waals surface area contributed by atoms with Crippen LogP contribution < -0.4 is 5.32 Å². The Balaban J connectivity index is 1.46. The molecule has 0 radical (unpaired) electrons. The van der Waals surface area contributed by atoms with E-state index in [1.165, 1.54) is 5.56 Å². The number of carbonyl (C=O) groups excluding carboxylic acids is 2. The van der Waals surface area contributed by atoms with Crippen LogP contribution in [0.5, 0.6) is 0 Å². The van der Waals surface area contributed by atoms with Crippen molar-refractivity contribution in [1.29, 1.82) is 0 Å². The highest BCUT2D eigenvalue weighted by atomic mass is 35.5. The molecule has 1 aliphatic heterocycles. The fourth-order valence-corrected chi connectivity index (χ4v) is 4.83. The zero-order valence-electron chi connectivity index (χ0n) is 17.0. The third-order valence-corrected chi connectivity index (χ3v) is 6.64. The fourth-order valence-electron chi connectivity index (χ4n) is 3.61. The van der Waals surface area contributed by atoms with E-state index < -0.39 is 6.04 Å². The number of amides is 2. The van der Waals surface area contributed by atoms with Gasteiger partial charge in [0.1, 0.15) is 6.04 Å². The number of hydrogen-bond acceptors (Lipinski definition) is 3. The van der Waals surface area contributed by atoms with E-state index in [1.54, 1.807) is 28.8 Å². The molecule has 1 atom stereocenters. The van der Waals surface area contributed by atoms with Crippen LogP contribution in [0.3, 0.4) is 0 Å². The van der Waals surface area contributed by atoms with E-state index in [0.29, 0.717) is 29.4 Å². The van der Waals surface area contributed by atoms with Crippen LogP contribution in [0.15, 0.2) is 78.9 Å². The van der Waals surface area contributed by atoms with Crippen molar-refractivity contribution in [3.8, 4) is 0 Å². The van der Waals surface area contributed by atoms with Crippen molar-refractivity contribution < 1.29 is 9.59 Å². The van der Waals surface area contributed by atoms with E-state index >= 15 is 0 Å². The van der Waals surface area contributed by atoms with Gasteiger partial charge in [-0.2, -0.15) is 11.8 Å². The second kappa shape index (κ2) is 10.0. The van der Waals surface area contributed by atoms with Crippen molar-refractivity contribution in [3.05, 3.63) is 106 Å². The van der Waals surface area contributed by atoms with Crippen LogP contribution in [0.2, 0.25) is 5.02 Å². The standard InChI is InChI=1S/C25H23ClN2O2S/c26-21-12-10-18(11-13-21)14-27-24(29)23(17-31-16-19-6-2-1-3-7-19)28-15-20-8-4-5-9-22(20)25(28)30/h1-13,23H,14-17H2,(H,27,29)/t23-/m1/s1. The van der Waals surface area contributed by atoms with Gasteiger partial charge in [-0.3, -0.25) is 9.59 Å². The van der Waals surface area contributed by atoms with Gasteiger partial charge in [0.05, 0.1) is 0 Å². The van der Waals surface area contributed by atoms with E-state index in [2.05, 4.69) is 17.4 Å². The Morgan fingerprint density at radius 1 is 0.968 bits per heavy atom. The first-order valence-corrected chi connectivity index (χ1v) is 11.7. The smallest absolute Gasteiger partial charge is 0.255 e. The summed E-state index contributed by atoms with van der Waals surface area (Å²) in [6, 6.07) is 24.5. The van der Waals surface area contributed by atoms with Gasteiger partial charge in [0.15, 0.2) is 0 Å². The van der Waals surface area contributed by atoms with Crippen molar-refractivity contribution in [3.63, 3.8) is 0 Å². The van der Waals surface area contributed by atoms with Crippen LogP contribution in [0.4, 0.5) is 0 Å². The number of carbonyl (C=O) groups is 2. The summed E-state index contributed by atoms with van der Waals surface area (Å²) in [5, 5.41) is 3.66. The zero-order chi connectivity index (χ0) is 21.6. The van der Waals surface area contributed by atoms with Crippen molar-refractivity contribution in [1.82, 2.24) is 10.2 Å². The molecule has 1 heterocycles. The van der Waals surface area contributed by atoms with Crippen LogP contribution >= 0.6 is 23.4 Å². The summed E-state index contributed by atoms with van der Waals surface area (Å²) in [7, 11) is 0. The van der Waals surface area contributed by atoms with Crippen LogP contribution in [-0.4, -0.2) is 28.5 Å². The molecule has 0 bridgehead atoms. The Morgan fingerprint density at radius 2 is 1.68 bits per heavy atom. The predicted molar refractivity (Wildman–Crippen MR) is 126 cm³/mol. The second-order valence-electron chi connectivity index (χ2n) is 7.45. The molecule has 0 aliphatic carbocycles. The van der Waals surface area contributed by atoms with Crippen LogP contribution in [0, 0.1) is 0 Å². The Kier molecular flexibility index (Phi) is 6.95. The second-order valence-corrected chi connectivity index (χ2v) is 8.92. The Bertz CT molecular complexity index is 1060. The summed E-state index contributed by atoms with van der Waals surface area (Å²) in [6.45, 7) is 0.852. The van der Waals surface area contributed by atoms with Gasteiger partial charge in [-0.15, -0.1) is 0 Å². The van der Waals surface area contributed by atoms with Crippen LogP contribution in [0.1, 0.15) is 27.0 Å². The molecule has 0 saturated heterocycles. The molecule has 3 aromatic rings. The molecule has 0 saturated carbocycles. The summed E-state index contributed by atoms with van der Waals surface area (Å²) in [6.07, 6.45) is 0. The number of hydrogen-bond donors (Lipinski definition) is 1. The monoisotopic (exact) mass is 450 g/mol. The van der Waals surface area contributed by atoms with E-state index in [9.17, 15) is 9.59 Å². The predicted octanol–water partition coefficient (Wildman–Crippen LogP) is 4.91. The van der Waals surface area contributed by atoms with Crippen molar-refractivity contribution in [2.24, 2.45) is 0 Å².